The molecule has 0 saturated carbocycles. The maximum atomic E-state index is 4.80. The van der Waals surface area contributed by atoms with E-state index in [4.69, 9.17) is 4.99 Å². The summed E-state index contributed by atoms with van der Waals surface area (Å²) in [5.74, 6) is 0. The van der Waals surface area contributed by atoms with Gasteiger partial charge in [-0.15, -0.1) is 0 Å². The number of fused-ring (bicyclic) bond motifs is 2. The van der Waals surface area contributed by atoms with Crippen molar-refractivity contribution in [3.05, 3.63) is 52.8 Å². The van der Waals surface area contributed by atoms with E-state index < -0.39 is 0 Å². The van der Waals surface area contributed by atoms with E-state index in [1.807, 2.05) is 18.5 Å². The van der Waals surface area contributed by atoms with E-state index in [2.05, 4.69) is 63.0 Å². The van der Waals surface area contributed by atoms with Gasteiger partial charge in [-0.3, -0.25) is 9.98 Å². The van der Waals surface area contributed by atoms with Crippen LogP contribution in [-0.2, 0) is 11.8 Å². The van der Waals surface area contributed by atoms with Gasteiger partial charge in [-0.25, -0.2) is 0 Å². The maximum Gasteiger partial charge on any atom is 0.0885 e. The molecule has 3 heteroatoms. The van der Waals surface area contributed by atoms with Crippen molar-refractivity contribution in [1.82, 2.24) is 4.98 Å². The molecule has 0 radical (unpaired) electrons. The molecule has 2 aliphatic heterocycles. The number of aromatic nitrogens is 1. The average molecular weight is 305 g/mol. The van der Waals surface area contributed by atoms with Crippen molar-refractivity contribution in [2.24, 2.45) is 4.99 Å². The number of benzene rings is 1. The van der Waals surface area contributed by atoms with Crippen molar-refractivity contribution in [3.8, 4) is 0 Å². The molecule has 0 aliphatic carbocycles. The Morgan fingerprint density at radius 2 is 1.87 bits per heavy atom. The molecule has 0 bridgehead atoms. The lowest BCUT2D eigenvalue weighted by atomic mass is 9.67. The van der Waals surface area contributed by atoms with Gasteiger partial charge in [-0.1, -0.05) is 19.9 Å². The summed E-state index contributed by atoms with van der Waals surface area (Å²) in [6, 6.07) is 6.69. The van der Waals surface area contributed by atoms with Crippen LogP contribution in [0, 0.1) is 13.8 Å². The van der Waals surface area contributed by atoms with Crippen LogP contribution in [0.4, 0.5) is 11.4 Å². The molecule has 1 spiro atoms. The molecule has 1 aromatic heterocycles. The van der Waals surface area contributed by atoms with Gasteiger partial charge in [-0.05, 0) is 48.2 Å². The highest BCUT2D eigenvalue weighted by Crippen LogP contribution is 2.53. The second-order valence-corrected chi connectivity index (χ2v) is 7.50. The predicted molar refractivity (Wildman–Crippen MR) is 96.2 cm³/mol. The lowest BCUT2D eigenvalue weighted by Crippen LogP contribution is -2.58. The van der Waals surface area contributed by atoms with Crippen LogP contribution in [-0.4, -0.2) is 23.8 Å². The first-order valence-corrected chi connectivity index (χ1v) is 8.20. The molecule has 1 unspecified atom stereocenters. The Labute approximate surface area is 138 Å². The van der Waals surface area contributed by atoms with Crippen LogP contribution in [0.3, 0.4) is 0 Å². The summed E-state index contributed by atoms with van der Waals surface area (Å²) in [5.41, 5.74) is 7.60. The Morgan fingerprint density at radius 3 is 2.65 bits per heavy atom. The molecule has 2 aromatic rings. The third-order valence-electron chi connectivity index (χ3n) is 6.08. The molecule has 0 N–H and O–H groups in total. The van der Waals surface area contributed by atoms with E-state index >= 15 is 0 Å². The molecule has 4 rings (SSSR count). The van der Waals surface area contributed by atoms with Gasteiger partial charge in [0.1, 0.15) is 0 Å². The fraction of sp³-hybridized carbons (Fsp3) is 0.400. The molecule has 0 fully saturated rings. The molecule has 3 nitrogen and oxygen atoms in total. The first-order chi connectivity index (χ1) is 10.9. The summed E-state index contributed by atoms with van der Waals surface area (Å²) in [4.78, 5) is 11.5. The number of aliphatic imine (C=N–C) groups is 1. The lowest BCUT2D eigenvalue weighted by Gasteiger charge is -2.45. The molecule has 1 atom stereocenters. The van der Waals surface area contributed by atoms with Gasteiger partial charge < -0.3 is 4.90 Å². The fourth-order valence-electron chi connectivity index (χ4n) is 4.23. The summed E-state index contributed by atoms with van der Waals surface area (Å²) in [6.07, 6.45) is 6.89. The first kappa shape index (κ1) is 14.4. The second kappa shape index (κ2) is 4.44. The summed E-state index contributed by atoms with van der Waals surface area (Å²) in [7, 11) is 2.20. The molecule has 0 amide bonds. The normalized spacial score (nSPS) is 24.0. The topological polar surface area (TPSA) is 28.5 Å². The maximum absolute atomic E-state index is 4.80. The number of likely N-dealkylation sites (N-methyl/N-ethyl adjacent to an activating group) is 1. The van der Waals surface area contributed by atoms with Crippen LogP contribution in [0.5, 0.6) is 0 Å². The molecule has 1 aromatic carbocycles. The molecule has 0 saturated heterocycles. The van der Waals surface area contributed by atoms with Gasteiger partial charge in [0.2, 0.25) is 0 Å². The van der Waals surface area contributed by atoms with Crippen molar-refractivity contribution in [2.75, 3.05) is 11.9 Å². The summed E-state index contributed by atoms with van der Waals surface area (Å²) in [6.45, 7) is 9.08. The summed E-state index contributed by atoms with van der Waals surface area (Å²) >= 11 is 0. The Bertz CT molecular complexity index is 835. The van der Waals surface area contributed by atoms with Crippen LogP contribution >= 0.6 is 0 Å². The predicted octanol–water partition coefficient (Wildman–Crippen LogP) is 4.12. The van der Waals surface area contributed by atoms with Crippen molar-refractivity contribution in [2.45, 2.75) is 45.1 Å². The van der Waals surface area contributed by atoms with Gasteiger partial charge in [0, 0.05) is 43.2 Å². The minimum absolute atomic E-state index is 0.00737. The van der Waals surface area contributed by atoms with Crippen LogP contribution in [0.15, 0.2) is 35.6 Å². The number of anilines is 1. The third kappa shape index (κ3) is 1.71. The molecule has 118 valence electrons. The molecule has 23 heavy (non-hydrogen) atoms. The van der Waals surface area contributed by atoms with Crippen molar-refractivity contribution < 1.29 is 0 Å². The van der Waals surface area contributed by atoms with E-state index in [0.29, 0.717) is 0 Å². The Hall–Kier alpha value is -2.16. The van der Waals surface area contributed by atoms with E-state index in [-0.39, 0.29) is 11.0 Å². The van der Waals surface area contributed by atoms with Crippen molar-refractivity contribution in [1.29, 1.82) is 0 Å². The smallest absolute Gasteiger partial charge is 0.0885 e. The van der Waals surface area contributed by atoms with Crippen molar-refractivity contribution in [3.63, 3.8) is 0 Å². The first-order valence-electron chi connectivity index (χ1n) is 8.20. The zero-order valence-electron chi connectivity index (χ0n) is 14.5. The van der Waals surface area contributed by atoms with Gasteiger partial charge in [0.05, 0.1) is 11.2 Å². The van der Waals surface area contributed by atoms with Crippen LogP contribution in [0.1, 0.15) is 36.1 Å². The largest absolute Gasteiger partial charge is 0.362 e. The highest BCUT2D eigenvalue weighted by Gasteiger charge is 2.55. The van der Waals surface area contributed by atoms with E-state index in [9.17, 15) is 0 Å². The van der Waals surface area contributed by atoms with E-state index in [1.165, 1.54) is 27.9 Å². The second-order valence-electron chi connectivity index (χ2n) is 7.50. The minimum atomic E-state index is -0.133. The molecular weight excluding hydrogens is 282 g/mol. The van der Waals surface area contributed by atoms with E-state index in [1.54, 1.807) is 0 Å². The molecular formula is C20H23N3. The van der Waals surface area contributed by atoms with Crippen LogP contribution in [0.2, 0.25) is 0 Å². The molecule has 3 heterocycles. The quantitative estimate of drug-likeness (QED) is 0.732. The number of hydrogen-bond donors (Lipinski definition) is 0. The standard InChI is InChI=1S/C20H23N3/c1-13-8-16-18(9-14(13)2)23(5)20(19(16,3)4)10-15-11-21-7-6-17(15)22-12-20/h6-9,11-12H,10H2,1-5H3. The highest BCUT2D eigenvalue weighted by molar-refractivity contribution is 5.89. The number of rotatable bonds is 0. The fourth-order valence-corrected chi connectivity index (χ4v) is 4.23. The Morgan fingerprint density at radius 1 is 1.13 bits per heavy atom. The molecule has 2 aliphatic rings. The third-order valence-corrected chi connectivity index (χ3v) is 6.08. The number of pyridine rings is 1. The van der Waals surface area contributed by atoms with E-state index in [0.717, 1.165) is 12.1 Å². The van der Waals surface area contributed by atoms with Gasteiger partial charge >= 0.3 is 0 Å². The zero-order chi connectivity index (χ0) is 16.4. The zero-order valence-corrected chi connectivity index (χ0v) is 14.5. The lowest BCUT2D eigenvalue weighted by molar-refractivity contribution is 0.359. The van der Waals surface area contributed by atoms with Crippen molar-refractivity contribution >= 4 is 17.6 Å². The van der Waals surface area contributed by atoms with Crippen LogP contribution in [0.25, 0.3) is 0 Å². The van der Waals surface area contributed by atoms with Crippen LogP contribution < -0.4 is 4.90 Å². The Balaban J connectivity index is 1.92. The Kier molecular flexibility index (Phi) is 2.78. The summed E-state index contributed by atoms with van der Waals surface area (Å²) < 4.78 is 0. The monoisotopic (exact) mass is 305 g/mol. The number of aryl methyl sites for hydroxylation is 2. The van der Waals surface area contributed by atoms with Gasteiger partial charge in [0.25, 0.3) is 0 Å². The average Bonchev–Trinajstić information content (AvgIpc) is 2.68. The SMILES string of the molecule is Cc1cc2c(cc1C)C(C)(C)C1(C=Nc3ccncc3C1)N2C. The minimum Gasteiger partial charge on any atom is -0.362 e. The van der Waals surface area contributed by atoms with Gasteiger partial charge in [-0.2, -0.15) is 0 Å². The number of nitrogens with zero attached hydrogens (tertiary/aromatic N) is 3. The van der Waals surface area contributed by atoms with Gasteiger partial charge in [0.15, 0.2) is 0 Å². The highest BCUT2D eigenvalue weighted by atomic mass is 15.2. The summed E-state index contributed by atoms with van der Waals surface area (Å²) in [5, 5.41) is 0. The number of hydrogen-bond acceptors (Lipinski definition) is 3.